The summed E-state index contributed by atoms with van der Waals surface area (Å²) in [6.45, 7) is 6.54. The van der Waals surface area contributed by atoms with Crippen molar-refractivity contribution in [2.45, 2.75) is 26.2 Å². The van der Waals surface area contributed by atoms with Gasteiger partial charge in [0, 0.05) is 0 Å². The first-order valence-electron chi connectivity index (χ1n) is 6.06. The Morgan fingerprint density at radius 1 is 1.16 bits per heavy atom. The second kappa shape index (κ2) is 5.21. The van der Waals surface area contributed by atoms with Crippen molar-refractivity contribution in [3.63, 3.8) is 0 Å². The number of hydrogen-bond donors (Lipinski definition) is 1. The molecule has 1 aromatic carbocycles. The predicted octanol–water partition coefficient (Wildman–Crippen LogP) is 4.52. The van der Waals surface area contributed by atoms with E-state index in [4.69, 9.17) is 10.5 Å². The van der Waals surface area contributed by atoms with E-state index in [1.165, 1.54) is 5.56 Å². The van der Waals surface area contributed by atoms with E-state index in [2.05, 4.69) is 53.8 Å². The van der Waals surface area contributed by atoms with Gasteiger partial charge in [0.2, 0.25) is 5.88 Å². The van der Waals surface area contributed by atoms with Crippen molar-refractivity contribution in [1.82, 2.24) is 4.98 Å². The van der Waals surface area contributed by atoms with Gasteiger partial charge in [-0.2, -0.15) is 0 Å². The normalized spacial score (nSPS) is 11.4. The van der Waals surface area contributed by atoms with Crippen LogP contribution in [0.15, 0.2) is 41.0 Å². The van der Waals surface area contributed by atoms with Crippen LogP contribution in [0.25, 0.3) is 0 Å². The molecular weight excluding hydrogens is 304 g/mol. The Labute approximate surface area is 121 Å². The van der Waals surface area contributed by atoms with Gasteiger partial charge in [0.25, 0.3) is 0 Å². The van der Waals surface area contributed by atoms with E-state index in [9.17, 15) is 0 Å². The molecular formula is C15H17BrN2O. The molecule has 0 aliphatic rings. The highest BCUT2D eigenvalue weighted by Gasteiger charge is 2.13. The van der Waals surface area contributed by atoms with Crippen LogP contribution in [0.1, 0.15) is 26.3 Å². The summed E-state index contributed by atoms with van der Waals surface area (Å²) >= 11 is 3.38. The largest absolute Gasteiger partial charge is 0.438 e. The molecule has 0 radical (unpaired) electrons. The molecule has 0 amide bonds. The van der Waals surface area contributed by atoms with Gasteiger partial charge in [0.05, 0.1) is 16.4 Å². The Morgan fingerprint density at radius 2 is 1.79 bits per heavy atom. The molecule has 0 saturated carbocycles. The second-order valence-corrected chi connectivity index (χ2v) is 6.29. The number of halogens is 1. The van der Waals surface area contributed by atoms with E-state index in [-0.39, 0.29) is 5.41 Å². The van der Waals surface area contributed by atoms with Gasteiger partial charge in [-0.1, -0.05) is 32.9 Å². The zero-order chi connectivity index (χ0) is 14.0. The minimum Gasteiger partial charge on any atom is -0.438 e. The van der Waals surface area contributed by atoms with Crippen molar-refractivity contribution in [3.05, 3.63) is 46.6 Å². The lowest BCUT2D eigenvalue weighted by atomic mass is 9.87. The lowest BCUT2D eigenvalue weighted by Crippen LogP contribution is -2.10. The van der Waals surface area contributed by atoms with Gasteiger partial charge >= 0.3 is 0 Å². The number of aromatic nitrogens is 1. The van der Waals surface area contributed by atoms with Crippen LogP contribution >= 0.6 is 15.9 Å². The molecule has 2 aromatic rings. The van der Waals surface area contributed by atoms with Crippen LogP contribution in [0, 0.1) is 0 Å². The number of ether oxygens (including phenoxy) is 1. The van der Waals surface area contributed by atoms with Crippen LogP contribution < -0.4 is 10.5 Å². The first-order chi connectivity index (χ1) is 8.86. The molecule has 0 bridgehead atoms. The third kappa shape index (κ3) is 3.47. The highest BCUT2D eigenvalue weighted by atomic mass is 79.9. The standard InChI is InChI=1S/C15H17BrN2O/c1-15(2,3)10-4-6-12(7-5-10)19-14-13(16)8-11(17)9-18-14/h4-9H,17H2,1-3H3. The van der Waals surface area contributed by atoms with E-state index in [1.54, 1.807) is 12.3 Å². The number of rotatable bonds is 2. The highest BCUT2D eigenvalue weighted by molar-refractivity contribution is 9.10. The Kier molecular flexibility index (Phi) is 3.80. The third-order valence-electron chi connectivity index (χ3n) is 2.76. The molecule has 3 nitrogen and oxygen atoms in total. The van der Waals surface area contributed by atoms with Crippen molar-refractivity contribution in [2.75, 3.05) is 5.73 Å². The van der Waals surface area contributed by atoms with Crippen molar-refractivity contribution in [1.29, 1.82) is 0 Å². The molecule has 100 valence electrons. The van der Waals surface area contributed by atoms with Gasteiger partial charge in [0.15, 0.2) is 0 Å². The summed E-state index contributed by atoms with van der Waals surface area (Å²) in [4.78, 5) is 4.15. The Balaban J connectivity index is 2.20. The molecule has 19 heavy (non-hydrogen) atoms. The maximum atomic E-state index is 5.72. The smallest absolute Gasteiger partial charge is 0.233 e. The number of nitrogen functional groups attached to an aromatic ring is 1. The fourth-order valence-electron chi connectivity index (χ4n) is 1.65. The lowest BCUT2D eigenvalue weighted by molar-refractivity contribution is 0.459. The summed E-state index contributed by atoms with van der Waals surface area (Å²) in [6.07, 6.45) is 1.57. The monoisotopic (exact) mass is 320 g/mol. The predicted molar refractivity (Wildman–Crippen MR) is 81.6 cm³/mol. The highest BCUT2D eigenvalue weighted by Crippen LogP contribution is 2.30. The number of hydrogen-bond acceptors (Lipinski definition) is 3. The number of nitrogens with two attached hydrogens (primary N) is 1. The van der Waals surface area contributed by atoms with Crippen LogP contribution in [-0.4, -0.2) is 4.98 Å². The molecule has 0 aliphatic carbocycles. The van der Waals surface area contributed by atoms with Gasteiger partial charge in [-0.05, 0) is 45.1 Å². The summed E-state index contributed by atoms with van der Waals surface area (Å²) in [5.74, 6) is 1.27. The quantitative estimate of drug-likeness (QED) is 0.885. The second-order valence-electron chi connectivity index (χ2n) is 5.43. The Bertz CT molecular complexity index is 574. The topological polar surface area (TPSA) is 48.1 Å². The average Bonchev–Trinajstić information content (AvgIpc) is 2.32. The fourth-order valence-corrected chi connectivity index (χ4v) is 2.10. The molecule has 1 aromatic heterocycles. The molecule has 2 N–H and O–H groups in total. The van der Waals surface area contributed by atoms with E-state index in [0.29, 0.717) is 11.6 Å². The summed E-state index contributed by atoms with van der Waals surface area (Å²) in [7, 11) is 0. The SMILES string of the molecule is CC(C)(C)c1ccc(Oc2ncc(N)cc2Br)cc1. The van der Waals surface area contributed by atoms with Crippen molar-refractivity contribution in [2.24, 2.45) is 0 Å². The van der Waals surface area contributed by atoms with Crippen molar-refractivity contribution in [3.8, 4) is 11.6 Å². The first-order valence-corrected chi connectivity index (χ1v) is 6.85. The number of benzene rings is 1. The van der Waals surface area contributed by atoms with Gasteiger partial charge in [-0.25, -0.2) is 4.98 Å². The minimum atomic E-state index is 0.137. The molecule has 2 rings (SSSR count). The molecule has 0 atom stereocenters. The van der Waals surface area contributed by atoms with E-state index in [0.717, 1.165) is 10.2 Å². The van der Waals surface area contributed by atoms with E-state index >= 15 is 0 Å². The number of anilines is 1. The van der Waals surface area contributed by atoms with Crippen LogP contribution in [0.2, 0.25) is 0 Å². The van der Waals surface area contributed by atoms with Crippen LogP contribution in [-0.2, 0) is 5.41 Å². The zero-order valence-electron chi connectivity index (χ0n) is 11.3. The Morgan fingerprint density at radius 3 is 2.32 bits per heavy atom. The Hall–Kier alpha value is -1.55. The maximum absolute atomic E-state index is 5.72. The van der Waals surface area contributed by atoms with E-state index in [1.807, 2.05) is 12.1 Å². The number of nitrogens with zero attached hydrogens (tertiary/aromatic N) is 1. The summed E-state index contributed by atoms with van der Waals surface area (Å²) < 4.78 is 6.46. The number of pyridine rings is 1. The first kappa shape index (κ1) is 13.9. The molecule has 0 saturated heterocycles. The molecule has 0 spiro atoms. The lowest BCUT2D eigenvalue weighted by Gasteiger charge is -2.19. The van der Waals surface area contributed by atoms with Crippen LogP contribution in [0.4, 0.5) is 5.69 Å². The van der Waals surface area contributed by atoms with Crippen molar-refractivity contribution >= 4 is 21.6 Å². The molecule has 4 heteroatoms. The van der Waals surface area contributed by atoms with Gasteiger partial charge in [-0.15, -0.1) is 0 Å². The van der Waals surface area contributed by atoms with Gasteiger partial charge in [0.1, 0.15) is 5.75 Å². The molecule has 0 fully saturated rings. The minimum absolute atomic E-state index is 0.137. The van der Waals surface area contributed by atoms with Crippen molar-refractivity contribution < 1.29 is 4.74 Å². The van der Waals surface area contributed by atoms with Gasteiger partial charge < -0.3 is 10.5 Å². The third-order valence-corrected chi connectivity index (χ3v) is 3.33. The zero-order valence-corrected chi connectivity index (χ0v) is 12.9. The molecule has 0 unspecified atom stereocenters. The van der Waals surface area contributed by atoms with Gasteiger partial charge in [-0.3, -0.25) is 0 Å². The fraction of sp³-hybridized carbons (Fsp3) is 0.267. The van der Waals surface area contributed by atoms with E-state index < -0.39 is 0 Å². The summed E-state index contributed by atoms with van der Waals surface area (Å²) in [6, 6.07) is 9.81. The molecule has 0 aliphatic heterocycles. The van der Waals surface area contributed by atoms with Crippen LogP contribution in [0.5, 0.6) is 11.6 Å². The summed E-state index contributed by atoms with van der Waals surface area (Å²) in [5, 5.41) is 0. The summed E-state index contributed by atoms with van der Waals surface area (Å²) in [5.41, 5.74) is 7.65. The van der Waals surface area contributed by atoms with Crippen LogP contribution in [0.3, 0.4) is 0 Å². The average molecular weight is 321 g/mol. The molecule has 1 heterocycles. The maximum Gasteiger partial charge on any atom is 0.233 e.